The summed E-state index contributed by atoms with van der Waals surface area (Å²) in [5.74, 6) is -0.490. The van der Waals surface area contributed by atoms with Crippen LogP contribution in [0.1, 0.15) is 72.0 Å². The maximum Gasteiger partial charge on any atom is 0.386 e. The van der Waals surface area contributed by atoms with Crippen LogP contribution >= 0.6 is 15.9 Å². The molecule has 1 unspecified atom stereocenters. The molecule has 0 radical (unpaired) electrons. The number of aryl methyl sites for hydroxylation is 3. The molecule has 4 aromatic rings. The average molecular weight is 716 g/mol. The molecule has 11 nitrogen and oxygen atoms in total. The van der Waals surface area contributed by atoms with E-state index >= 15 is 0 Å². The van der Waals surface area contributed by atoms with Crippen molar-refractivity contribution in [2.75, 3.05) is 25.2 Å². The summed E-state index contributed by atoms with van der Waals surface area (Å²) in [5, 5.41) is 19.7. The number of nitrogens with zero attached hydrogens (tertiary/aromatic N) is 4. The Kier molecular flexibility index (Phi) is 10.7. The summed E-state index contributed by atoms with van der Waals surface area (Å²) >= 11 is 3.36. The van der Waals surface area contributed by atoms with E-state index in [1.54, 1.807) is 6.92 Å². The minimum atomic E-state index is -4.12. The molecule has 2 heterocycles. The van der Waals surface area contributed by atoms with Gasteiger partial charge in [-0.25, -0.2) is 4.68 Å². The standard InChI is InChI=1S/C33H39BrN4O7S/c1-5-44-32(40)19-29(27-10-11-30-33(22(27)3)35-36-37(30)14-6-15-43-16-13-34)24-8-7-21(2)28(18-24)23(4)38-20-25-17-26(39)9-12-31(25)45-46(38,41)42/h7-12,17-18,23,29,39H,5-6,13-16,19-20H2,1-4H3/t23-,29?/m1/s1. The van der Waals surface area contributed by atoms with Crippen molar-refractivity contribution in [2.45, 2.75) is 65.6 Å². The highest BCUT2D eigenvalue weighted by atomic mass is 79.9. The molecular formula is C33H39BrN4O7S. The quantitative estimate of drug-likeness (QED) is 0.103. The van der Waals surface area contributed by atoms with Gasteiger partial charge in [0.15, 0.2) is 0 Å². The lowest BCUT2D eigenvalue weighted by Gasteiger charge is -2.33. The van der Waals surface area contributed by atoms with Gasteiger partial charge in [-0.1, -0.05) is 45.4 Å². The second-order valence-electron chi connectivity index (χ2n) is 11.3. The number of aromatic hydroxyl groups is 1. The lowest BCUT2D eigenvalue weighted by molar-refractivity contribution is -0.143. The Labute approximate surface area is 277 Å². The summed E-state index contributed by atoms with van der Waals surface area (Å²) in [7, 11) is -4.12. The van der Waals surface area contributed by atoms with Crippen LogP contribution in [0.2, 0.25) is 0 Å². The molecular weight excluding hydrogens is 676 g/mol. The van der Waals surface area contributed by atoms with Gasteiger partial charge in [-0.3, -0.25) is 4.79 Å². The van der Waals surface area contributed by atoms with Gasteiger partial charge in [-0.05, 0) is 86.2 Å². The van der Waals surface area contributed by atoms with Crippen molar-refractivity contribution in [1.29, 1.82) is 0 Å². The van der Waals surface area contributed by atoms with Crippen LogP contribution in [0.15, 0.2) is 48.5 Å². The predicted octanol–water partition coefficient (Wildman–Crippen LogP) is 5.84. The summed E-state index contributed by atoms with van der Waals surface area (Å²) in [6.07, 6.45) is 0.889. The van der Waals surface area contributed by atoms with Gasteiger partial charge in [-0.2, -0.15) is 12.7 Å². The summed E-state index contributed by atoms with van der Waals surface area (Å²) in [6, 6.07) is 13.6. The number of esters is 1. The van der Waals surface area contributed by atoms with E-state index in [1.165, 1.54) is 22.5 Å². The van der Waals surface area contributed by atoms with E-state index in [9.17, 15) is 18.3 Å². The maximum absolute atomic E-state index is 13.3. The van der Waals surface area contributed by atoms with E-state index in [0.717, 1.165) is 50.6 Å². The van der Waals surface area contributed by atoms with Crippen LogP contribution in [0.3, 0.4) is 0 Å². The van der Waals surface area contributed by atoms with Gasteiger partial charge in [0.2, 0.25) is 0 Å². The Morgan fingerprint density at radius 3 is 2.67 bits per heavy atom. The molecule has 0 bridgehead atoms. The van der Waals surface area contributed by atoms with Crippen molar-refractivity contribution in [3.05, 3.63) is 81.9 Å². The highest BCUT2D eigenvalue weighted by Crippen LogP contribution is 2.39. The third-order valence-electron chi connectivity index (χ3n) is 8.35. The first-order valence-electron chi connectivity index (χ1n) is 15.3. The van der Waals surface area contributed by atoms with Crippen LogP contribution in [0.25, 0.3) is 11.0 Å². The summed E-state index contributed by atoms with van der Waals surface area (Å²) in [5.41, 5.74) is 6.54. The van der Waals surface area contributed by atoms with E-state index in [2.05, 4.69) is 26.2 Å². The maximum atomic E-state index is 13.3. The first-order chi connectivity index (χ1) is 22.0. The number of aromatic nitrogens is 3. The van der Waals surface area contributed by atoms with Gasteiger partial charge in [0.05, 0.1) is 31.2 Å². The van der Waals surface area contributed by atoms with Gasteiger partial charge in [0, 0.05) is 36.5 Å². The smallest absolute Gasteiger partial charge is 0.386 e. The van der Waals surface area contributed by atoms with Crippen LogP contribution in [-0.4, -0.2) is 63.9 Å². The molecule has 13 heteroatoms. The van der Waals surface area contributed by atoms with E-state index < -0.39 is 16.3 Å². The molecule has 246 valence electrons. The largest absolute Gasteiger partial charge is 0.508 e. The second-order valence-corrected chi connectivity index (χ2v) is 13.6. The number of halogens is 1. The van der Waals surface area contributed by atoms with E-state index in [1.807, 2.05) is 55.8 Å². The monoisotopic (exact) mass is 714 g/mol. The molecule has 0 spiro atoms. The zero-order valence-corrected chi connectivity index (χ0v) is 28.8. The normalized spacial score (nSPS) is 15.7. The molecule has 0 fully saturated rings. The lowest BCUT2D eigenvalue weighted by Crippen LogP contribution is -2.39. The van der Waals surface area contributed by atoms with Gasteiger partial charge in [-0.15, -0.1) is 5.10 Å². The van der Waals surface area contributed by atoms with Crippen molar-refractivity contribution in [3.63, 3.8) is 0 Å². The van der Waals surface area contributed by atoms with E-state index in [4.69, 9.17) is 13.7 Å². The third-order valence-corrected chi connectivity index (χ3v) is 10.1. The Morgan fingerprint density at radius 2 is 1.91 bits per heavy atom. The number of phenols is 1. The van der Waals surface area contributed by atoms with Crippen molar-refractivity contribution in [2.24, 2.45) is 0 Å². The molecule has 1 aliphatic rings. The Morgan fingerprint density at radius 1 is 1.11 bits per heavy atom. The molecule has 46 heavy (non-hydrogen) atoms. The van der Waals surface area contributed by atoms with Crippen LogP contribution in [0.5, 0.6) is 11.5 Å². The van der Waals surface area contributed by atoms with Crippen molar-refractivity contribution in [3.8, 4) is 11.5 Å². The van der Waals surface area contributed by atoms with Crippen molar-refractivity contribution >= 4 is 43.2 Å². The van der Waals surface area contributed by atoms with Gasteiger partial charge in [0.25, 0.3) is 0 Å². The van der Waals surface area contributed by atoms with E-state index in [0.29, 0.717) is 25.3 Å². The number of phenolic OH excluding ortho intramolecular Hbond substituents is 1. The second kappa shape index (κ2) is 14.5. The number of carbonyl (C=O) groups is 1. The van der Waals surface area contributed by atoms with Crippen LogP contribution in [0, 0.1) is 13.8 Å². The number of hydrogen-bond acceptors (Lipinski definition) is 9. The number of benzene rings is 3. The van der Waals surface area contributed by atoms with Crippen LogP contribution in [0.4, 0.5) is 0 Å². The minimum Gasteiger partial charge on any atom is -0.508 e. The minimum absolute atomic E-state index is 0.0286. The number of alkyl halides is 1. The topological polar surface area (TPSA) is 133 Å². The highest BCUT2D eigenvalue weighted by molar-refractivity contribution is 9.09. The molecule has 3 aromatic carbocycles. The van der Waals surface area contributed by atoms with Gasteiger partial charge in [0.1, 0.15) is 17.0 Å². The highest BCUT2D eigenvalue weighted by Gasteiger charge is 2.37. The predicted molar refractivity (Wildman–Crippen MR) is 177 cm³/mol. The summed E-state index contributed by atoms with van der Waals surface area (Å²) in [6.45, 7) is 9.73. The zero-order valence-electron chi connectivity index (χ0n) is 26.4. The van der Waals surface area contributed by atoms with Crippen molar-refractivity contribution in [1.82, 2.24) is 19.3 Å². The molecule has 1 N–H and O–H groups in total. The molecule has 1 aromatic heterocycles. The number of carbonyl (C=O) groups excluding carboxylic acids is 1. The molecule has 5 rings (SSSR count). The number of ether oxygens (including phenoxy) is 2. The molecule has 0 amide bonds. The van der Waals surface area contributed by atoms with E-state index in [-0.39, 0.29) is 43.0 Å². The van der Waals surface area contributed by atoms with Gasteiger partial charge < -0.3 is 18.8 Å². The Balaban J connectivity index is 1.50. The fourth-order valence-corrected chi connectivity index (χ4v) is 7.50. The number of hydrogen-bond donors (Lipinski definition) is 1. The number of rotatable bonds is 13. The third kappa shape index (κ3) is 7.22. The first-order valence-corrected chi connectivity index (χ1v) is 17.8. The average Bonchev–Trinajstić information content (AvgIpc) is 3.44. The molecule has 1 aliphatic heterocycles. The SMILES string of the molecule is CCOC(=O)CC(c1ccc(C)c([C@@H](C)N2Cc3cc(O)ccc3OS2(=O)=O)c1)c1ccc2c(nnn2CCCOCCBr)c1C. The fraction of sp³-hybridized carbons (Fsp3) is 0.424. The first kappa shape index (κ1) is 33.8. The lowest BCUT2D eigenvalue weighted by atomic mass is 9.83. The summed E-state index contributed by atoms with van der Waals surface area (Å²) < 4.78 is 46.0. The van der Waals surface area contributed by atoms with Crippen LogP contribution in [-0.2, 0) is 37.7 Å². The fourth-order valence-electron chi connectivity index (χ4n) is 5.98. The molecule has 0 saturated carbocycles. The number of fused-ring (bicyclic) bond motifs is 2. The molecule has 2 atom stereocenters. The molecule has 0 aliphatic carbocycles. The summed E-state index contributed by atoms with van der Waals surface area (Å²) in [4.78, 5) is 12.9. The van der Waals surface area contributed by atoms with Crippen LogP contribution < -0.4 is 4.18 Å². The van der Waals surface area contributed by atoms with Gasteiger partial charge >= 0.3 is 16.3 Å². The molecule has 0 saturated heterocycles. The van der Waals surface area contributed by atoms with Crippen molar-refractivity contribution < 1.29 is 32.0 Å². The Bertz CT molecular complexity index is 1830. The Hall–Kier alpha value is -3.52. The zero-order chi connectivity index (χ0) is 33.0.